The van der Waals surface area contributed by atoms with Crippen LogP contribution in [0.1, 0.15) is 47.2 Å². The zero-order valence-corrected chi connectivity index (χ0v) is 17.2. The number of methoxy groups -OCH3 is 1. The molecule has 0 unspecified atom stereocenters. The first-order valence-corrected chi connectivity index (χ1v) is 9.59. The van der Waals surface area contributed by atoms with Gasteiger partial charge in [0.05, 0.1) is 7.11 Å². The number of rotatable bonds is 7. The van der Waals surface area contributed by atoms with Crippen LogP contribution in [-0.4, -0.2) is 23.0 Å². The van der Waals surface area contributed by atoms with E-state index in [1.165, 1.54) is 0 Å². The predicted molar refractivity (Wildman–Crippen MR) is 116 cm³/mol. The second-order valence-corrected chi connectivity index (χ2v) is 7.05. The van der Waals surface area contributed by atoms with Crippen LogP contribution in [0.25, 0.3) is 0 Å². The molecule has 1 heterocycles. The fraction of sp³-hybridized carbons (Fsp3) is 0.261. The molecule has 0 aliphatic heterocycles. The molecule has 0 atom stereocenters. The van der Waals surface area contributed by atoms with Gasteiger partial charge in [0.2, 0.25) is 0 Å². The minimum absolute atomic E-state index is 0.260. The van der Waals surface area contributed by atoms with Gasteiger partial charge < -0.3 is 15.4 Å². The van der Waals surface area contributed by atoms with Gasteiger partial charge in [0, 0.05) is 23.9 Å². The SMILES string of the molecule is COc1ccccc1CNc1cc(C(=O)Nc2ccccc2C(C)C)nc(C)n1. The van der Waals surface area contributed by atoms with Crippen LogP contribution in [0.2, 0.25) is 0 Å². The molecule has 150 valence electrons. The van der Waals surface area contributed by atoms with Crippen molar-refractivity contribution in [2.24, 2.45) is 0 Å². The smallest absolute Gasteiger partial charge is 0.274 e. The molecule has 1 aromatic heterocycles. The second-order valence-electron chi connectivity index (χ2n) is 7.05. The zero-order valence-electron chi connectivity index (χ0n) is 17.2. The highest BCUT2D eigenvalue weighted by Crippen LogP contribution is 2.24. The molecule has 6 heteroatoms. The Morgan fingerprint density at radius 2 is 1.79 bits per heavy atom. The molecule has 0 spiro atoms. The predicted octanol–water partition coefficient (Wildman–Crippen LogP) is 4.78. The van der Waals surface area contributed by atoms with Gasteiger partial charge in [-0.25, -0.2) is 9.97 Å². The van der Waals surface area contributed by atoms with E-state index >= 15 is 0 Å². The maximum absolute atomic E-state index is 12.8. The van der Waals surface area contributed by atoms with Crippen LogP contribution < -0.4 is 15.4 Å². The summed E-state index contributed by atoms with van der Waals surface area (Å²) < 4.78 is 5.38. The summed E-state index contributed by atoms with van der Waals surface area (Å²) in [5.41, 5.74) is 3.20. The number of hydrogen-bond acceptors (Lipinski definition) is 5. The summed E-state index contributed by atoms with van der Waals surface area (Å²) in [4.78, 5) is 21.5. The van der Waals surface area contributed by atoms with Crippen molar-refractivity contribution in [1.82, 2.24) is 9.97 Å². The van der Waals surface area contributed by atoms with Crippen molar-refractivity contribution < 1.29 is 9.53 Å². The minimum atomic E-state index is -0.260. The molecule has 0 aliphatic rings. The van der Waals surface area contributed by atoms with Crippen molar-refractivity contribution >= 4 is 17.4 Å². The van der Waals surface area contributed by atoms with Crippen LogP contribution in [0.15, 0.2) is 54.6 Å². The molecule has 0 radical (unpaired) electrons. The van der Waals surface area contributed by atoms with Crippen LogP contribution >= 0.6 is 0 Å². The van der Waals surface area contributed by atoms with Crippen molar-refractivity contribution in [2.75, 3.05) is 17.7 Å². The first kappa shape index (κ1) is 20.3. The van der Waals surface area contributed by atoms with Crippen LogP contribution in [-0.2, 0) is 6.54 Å². The van der Waals surface area contributed by atoms with Gasteiger partial charge in [0.1, 0.15) is 23.1 Å². The van der Waals surface area contributed by atoms with E-state index in [4.69, 9.17) is 4.74 Å². The Morgan fingerprint density at radius 3 is 2.55 bits per heavy atom. The Balaban J connectivity index is 1.77. The second kappa shape index (κ2) is 9.19. The van der Waals surface area contributed by atoms with Crippen LogP contribution in [0.3, 0.4) is 0 Å². The number of aryl methyl sites for hydroxylation is 1. The van der Waals surface area contributed by atoms with Gasteiger partial charge in [0.15, 0.2) is 0 Å². The molecule has 2 N–H and O–H groups in total. The third kappa shape index (κ3) is 5.10. The van der Waals surface area contributed by atoms with E-state index in [9.17, 15) is 4.79 Å². The molecular weight excluding hydrogens is 364 g/mol. The Bertz CT molecular complexity index is 1000. The molecule has 3 rings (SSSR count). The number of ether oxygens (including phenoxy) is 1. The summed E-state index contributed by atoms with van der Waals surface area (Å²) in [5, 5.41) is 6.23. The monoisotopic (exact) mass is 390 g/mol. The van der Waals surface area contributed by atoms with Gasteiger partial charge in [-0.2, -0.15) is 0 Å². The Morgan fingerprint density at radius 1 is 1.07 bits per heavy atom. The van der Waals surface area contributed by atoms with Gasteiger partial charge in [-0.05, 0) is 30.5 Å². The fourth-order valence-corrected chi connectivity index (χ4v) is 3.11. The molecule has 0 fully saturated rings. The quantitative estimate of drug-likeness (QED) is 0.607. The average Bonchev–Trinajstić information content (AvgIpc) is 2.72. The van der Waals surface area contributed by atoms with E-state index in [2.05, 4.69) is 34.4 Å². The van der Waals surface area contributed by atoms with E-state index in [0.717, 1.165) is 22.6 Å². The average molecular weight is 390 g/mol. The largest absolute Gasteiger partial charge is 0.496 e. The van der Waals surface area contributed by atoms with Gasteiger partial charge in [-0.3, -0.25) is 4.79 Å². The van der Waals surface area contributed by atoms with Crippen LogP contribution in [0, 0.1) is 6.92 Å². The van der Waals surface area contributed by atoms with E-state index in [1.54, 1.807) is 20.1 Å². The lowest BCUT2D eigenvalue weighted by molar-refractivity contribution is 0.102. The summed E-state index contributed by atoms with van der Waals surface area (Å²) in [6.07, 6.45) is 0. The maximum Gasteiger partial charge on any atom is 0.274 e. The molecule has 6 nitrogen and oxygen atoms in total. The zero-order chi connectivity index (χ0) is 20.8. The molecule has 0 aliphatic carbocycles. The van der Waals surface area contributed by atoms with Crippen molar-refractivity contribution in [3.05, 3.63) is 77.2 Å². The number of anilines is 2. The highest BCUT2D eigenvalue weighted by molar-refractivity contribution is 6.03. The van der Waals surface area contributed by atoms with Gasteiger partial charge in [0.25, 0.3) is 5.91 Å². The highest BCUT2D eigenvalue weighted by atomic mass is 16.5. The molecule has 0 saturated carbocycles. The van der Waals surface area contributed by atoms with Crippen molar-refractivity contribution in [1.29, 1.82) is 0 Å². The molecule has 0 bridgehead atoms. The summed E-state index contributed by atoms with van der Waals surface area (Å²) in [7, 11) is 1.64. The normalized spacial score (nSPS) is 10.7. The van der Waals surface area contributed by atoms with Gasteiger partial charge >= 0.3 is 0 Å². The molecule has 29 heavy (non-hydrogen) atoms. The number of para-hydroxylation sites is 2. The van der Waals surface area contributed by atoms with Crippen molar-refractivity contribution in [3.63, 3.8) is 0 Å². The van der Waals surface area contributed by atoms with E-state index in [-0.39, 0.29) is 5.91 Å². The number of aromatic nitrogens is 2. The minimum Gasteiger partial charge on any atom is -0.496 e. The topological polar surface area (TPSA) is 76.1 Å². The number of hydrogen-bond donors (Lipinski definition) is 2. The lowest BCUT2D eigenvalue weighted by Crippen LogP contribution is -2.17. The number of amides is 1. The first-order valence-electron chi connectivity index (χ1n) is 9.59. The summed E-state index contributed by atoms with van der Waals surface area (Å²) >= 11 is 0. The standard InChI is InChI=1S/C23H26N4O2/c1-15(2)18-10-6-7-11-19(18)27-23(28)20-13-22(26-16(3)25-20)24-14-17-9-5-8-12-21(17)29-4/h5-13,15H,14H2,1-4H3,(H,27,28)(H,24,25,26). The van der Waals surface area contributed by atoms with Crippen LogP contribution in [0.5, 0.6) is 5.75 Å². The molecule has 0 saturated heterocycles. The third-order valence-electron chi connectivity index (χ3n) is 4.55. The Kier molecular flexibility index (Phi) is 6.44. The Labute approximate surface area is 171 Å². The fourth-order valence-electron chi connectivity index (χ4n) is 3.11. The molecule has 1 amide bonds. The number of carbonyl (C=O) groups excluding carboxylic acids is 1. The van der Waals surface area contributed by atoms with Gasteiger partial charge in [-0.1, -0.05) is 50.2 Å². The number of carbonyl (C=O) groups is 1. The molecular formula is C23H26N4O2. The number of nitrogens with zero attached hydrogens (tertiary/aromatic N) is 2. The maximum atomic E-state index is 12.8. The Hall–Kier alpha value is -3.41. The lowest BCUT2D eigenvalue weighted by atomic mass is 10.0. The molecule has 2 aromatic carbocycles. The number of nitrogens with one attached hydrogen (secondary N) is 2. The lowest BCUT2D eigenvalue weighted by Gasteiger charge is -2.14. The highest BCUT2D eigenvalue weighted by Gasteiger charge is 2.14. The first-order chi connectivity index (χ1) is 14.0. The van der Waals surface area contributed by atoms with Crippen molar-refractivity contribution in [3.8, 4) is 5.75 Å². The van der Waals surface area contributed by atoms with Crippen LogP contribution in [0.4, 0.5) is 11.5 Å². The van der Waals surface area contributed by atoms with E-state index in [0.29, 0.717) is 29.8 Å². The van der Waals surface area contributed by atoms with E-state index in [1.807, 2.05) is 48.5 Å². The summed E-state index contributed by atoms with van der Waals surface area (Å²) in [5.74, 6) is 1.96. The summed E-state index contributed by atoms with van der Waals surface area (Å²) in [6.45, 7) is 6.49. The van der Waals surface area contributed by atoms with Crippen molar-refractivity contribution in [2.45, 2.75) is 33.2 Å². The molecule has 3 aromatic rings. The van der Waals surface area contributed by atoms with E-state index < -0.39 is 0 Å². The third-order valence-corrected chi connectivity index (χ3v) is 4.55. The number of benzene rings is 2. The summed E-state index contributed by atoms with van der Waals surface area (Å²) in [6, 6.07) is 17.2. The van der Waals surface area contributed by atoms with Gasteiger partial charge in [-0.15, -0.1) is 0 Å².